The van der Waals surface area contributed by atoms with E-state index in [0.29, 0.717) is 5.56 Å². The summed E-state index contributed by atoms with van der Waals surface area (Å²) < 4.78 is 41.8. The maximum Gasteiger partial charge on any atom is 0.422 e. The van der Waals surface area contributed by atoms with Gasteiger partial charge in [-0.25, -0.2) is 0 Å². The molecule has 0 aliphatic heterocycles. The summed E-state index contributed by atoms with van der Waals surface area (Å²) in [7, 11) is 3.66. The molecule has 1 N–H and O–H groups in total. The topological polar surface area (TPSA) is 41.6 Å². The first-order chi connectivity index (χ1) is 11.7. The Morgan fingerprint density at radius 3 is 2.56 bits per heavy atom. The summed E-state index contributed by atoms with van der Waals surface area (Å²) in [5.74, 6) is -0.596. The van der Waals surface area contributed by atoms with Gasteiger partial charge in [0.1, 0.15) is 5.75 Å². The van der Waals surface area contributed by atoms with E-state index in [-0.39, 0.29) is 16.5 Å². The molecule has 134 valence electrons. The van der Waals surface area contributed by atoms with Crippen molar-refractivity contribution in [3.63, 3.8) is 0 Å². The molecule has 4 nitrogen and oxygen atoms in total. The Kier molecular flexibility index (Phi) is 5.79. The van der Waals surface area contributed by atoms with Gasteiger partial charge >= 0.3 is 6.18 Å². The van der Waals surface area contributed by atoms with E-state index in [4.69, 9.17) is 16.3 Å². The number of ether oxygens (including phenoxy) is 1. The van der Waals surface area contributed by atoms with E-state index in [1.165, 1.54) is 18.2 Å². The summed E-state index contributed by atoms with van der Waals surface area (Å²) in [4.78, 5) is 14.2. The number of nitrogens with one attached hydrogen (secondary N) is 1. The van der Waals surface area contributed by atoms with Crippen molar-refractivity contribution in [2.75, 3.05) is 30.9 Å². The van der Waals surface area contributed by atoms with Crippen molar-refractivity contribution >= 4 is 28.9 Å². The van der Waals surface area contributed by atoms with E-state index in [1.54, 1.807) is 18.2 Å². The average molecular weight is 373 g/mol. The van der Waals surface area contributed by atoms with E-state index in [9.17, 15) is 18.0 Å². The van der Waals surface area contributed by atoms with Crippen LogP contribution in [0.3, 0.4) is 0 Å². The van der Waals surface area contributed by atoms with Crippen LogP contribution in [0.4, 0.5) is 24.5 Å². The van der Waals surface area contributed by atoms with Crippen LogP contribution in [0.15, 0.2) is 42.5 Å². The molecule has 8 heteroatoms. The molecule has 0 heterocycles. The van der Waals surface area contributed by atoms with Crippen LogP contribution < -0.4 is 15.0 Å². The van der Waals surface area contributed by atoms with Crippen molar-refractivity contribution in [2.24, 2.45) is 0 Å². The molecule has 0 radical (unpaired) electrons. The van der Waals surface area contributed by atoms with Gasteiger partial charge in [-0.2, -0.15) is 13.2 Å². The number of hydrogen-bond acceptors (Lipinski definition) is 3. The van der Waals surface area contributed by atoms with Gasteiger partial charge in [-0.15, -0.1) is 0 Å². The van der Waals surface area contributed by atoms with E-state index in [0.717, 1.165) is 5.69 Å². The third kappa shape index (κ3) is 5.56. The smallest absolute Gasteiger partial charge is 0.422 e. The quantitative estimate of drug-likeness (QED) is 0.834. The van der Waals surface area contributed by atoms with E-state index in [1.807, 2.05) is 25.1 Å². The number of nitrogens with zero attached hydrogens (tertiary/aromatic N) is 1. The number of amides is 1. The Morgan fingerprint density at radius 2 is 1.92 bits per heavy atom. The third-order valence-corrected chi connectivity index (χ3v) is 3.44. The molecule has 1 amide bonds. The standard InChI is InChI=1S/C17H16ClF3N2O2/c1-23(2)13-5-3-4-11(8-13)16(24)22-14-9-12(18)6-7-15(14)25-10-17(19,20)21/h3-9H,10H2,1-2H3,(H,22,24). The first-order valence-electron chi connectivity index (χ1n) is 7.23. The first-order valence-corrected chi connectivity index (χ1v) is 7.61. The third-order valence-electron chi connectivity index (χ3n) is 3.21. The Hall–Kier alpha value is -2.41. The van der Waals surface area contributed by atoms with Gasteiger partial charge in [0.2, 0.25) is 0 Å². The second-order valence-electron chi connectivity index (χ2n) is 5.44. The van der Waals surface area contributed by atoms with Crippen molar-refractivity contribution in [1.29, 1.82) is 0 Å². The lowest BCUT2D eigenvalue weighted by molar-refractivity contribution is -0.153. The zero-order valence-electron chi connectivity index (χ0n) is 13.5. The fourth-order valence-corrected chi connectivity index (χ4v) is 2.18. The lowest BCUT2D eigenvalue weighted by atomic mass is 10.1. The maximum absolute atomic E-state index is 12.4. The minimum absolute atomic E-state index is 0.0667. The lowest BCUT2D eigenvalue weighted by Gasteiger charge is -2.16. The Balaban J connectivity index is 2.22. The number of anilines is 2. The molecule has 25 heavy (non-hydrogen) atoms. The molecule has 2 aromatic carbocycles. The Labute approximate surface area is 148 Å². The van der Waals surface area contributed by atoms with Crippen LogP contribution in [-0.2, 0) is 0 Å². The van der Waals surface area contributed by atoms with Crippen molar-refractivity contribution in [3.8, 4) is 5.75 Å². The number of hydrogen-bond donors (Lipinski definition) is 1. The monoisotopic (exact) mass is 372 g/mol. The van der Waals surface area contributed by atoms with Crippen LogP contribution in [0, 0.1) is 0 Å². The summed E-state index contributed by atoms with van der Waals surface area (Å²) in [6.45, 7) is -1.46. The Bertz CT molecular complexity index is 764. The van der Waals surface area contributed by atoms with Crippen LogP contribution in [-0.4, -0.2) is 32.8 Å². The van der Waals surface area contributed by atoms with Gasteiger partial charge in [-0.3, -0.25) is 4.79 Å². The highest BCUT2D eigenvalue weighted by Crippen LogP contribution is 2.30. The largest absolute Gasteiger partial charge is 0.482 e. The number of rotatable bonds is 5. The molecule has 0 aromatic heterocycles. The molecular weight excluding hydrogens is 357 g/mol. The minimum atomic E-state index is -4.49. The molecule has 0 saturated carbocycles. The molecule has 2 rings (SSSR count). The minimum Gasteiger partial charge on any atom is -0.482 e. The number of benzene rings is 2. The highest BCUT2D eigenvalue weighted by molar-refractivity contribution is 6.31. The molecule has 0 aliphatic rings. The first kappa shape index (κ1) is 18.9. The summed E-state index contributed by atoms with van der Waals surface area (Å²) in [6, 6.07) is 10.8. The van der Waals surface area contributed by atoms with Crippen molar-refractivity contribution in [3.05, 3.63) is 53.1 Å². The predicted octanol–water partition coefficient (Wildman–Crippen LogP) is 4.60. The number of carbonyl (C=O) groups is 1. The van der Waals surface area contributed by atoms with E-state index < -0.39 is 18.7 Å². The van der Waals surface area contributed by atoms with Gasteiger partial charge in [0.05, 0.1) is 5.69 Å². The molecule has 0 atom stereocenters. The number of alkyl halides is 3. The molecule has 2 aromatic rings. The summed E-state index contributed by atoms with van der Waals surface area (Å²) in [6.07, 6.45) is -4.49. The van der Waals surface area contributed by atoms with Gasteiger partial charge in [-0.05, 0) is 36.4 Å². The average Bonchev–Trinajstić information content (AvgIpc) is 2.53. The van der Waals surface area contributed by atoms with Crippen molar-refractivity contribution in [2.45, 2.75) is 6.18 Å². The van der Waals surface area contributed by atoms with Crippen LogP contribution in [0.1, 0.15) is 10.4 Å². The van der Waals surface area contributed by atoms with Gasteiger partial charge in [-0.1, -0.05) is 17.7 Å². The zero-order chi connectivity index (χ0) is 18.6. The van der Waals surface area contributed by atoms with Crippen LogP contribution in [0.2, 0.25) is 5.02 Å². The van der Waals surface area contributed by atoms with Gasteiger partial charge < -0.3 is 15.0 Å². The normalized spacial score (nSPS) is 11.1. The fraction of sp³-hybridized carbons (Fsp3) is 0.235. The van der Waals surface area contributed by atoms with E-state index in [2.05, 4.69) is 5.32 Å². The molecular formula is C17H16ClF3N2O2. The van der Waals surface area contributed by atoms with Crippen molar-refractivity contribution < 1.29 is 22.7 Å². The molecule has 0 fully saturated rings. The van der Waals surface area contributed by atoms with Gasteiger partial charge in [0.15, 0.2) is 6.61 Å². The molecule has 0 bridgehead atoms. The number of carbonyl (C=O) groups excluding carboxylic acids is 1. The maximum atomic E-state index is 12.4. The predicted molar refractivity (Wildman–Crippen MR) is 91.7 cm³/mol. The van der Waals surface area contributed by atoms with Crippen molar-refractivity contribution in [1.82, 2.24) is 0 Å². The van der Waals surface area contributed by atoms with Crippen LogP contribution in [0.25, 0.3) is 0 Å². The lowest BCUT2D eigenvalue weighted by Crippen LogP contribution is -2.20. The highest BCUT2D eigenvalue weighted by atomic mass is 35.5. The summed E-state index contributed by atoms with van der Waals surface area (Å²) >= 11 is 5.87. The molecule has 0 spiro atoms. The second-order valence-corrected chi connectivity index (χ2v) is 5.88. The molecule has 0 aliphatic carbocycles. The van der Waals surface area contributed by atoms with Crippen LogP contribution >= 0.6 is 11.6 Å². The number of halogens is 4. The van der Waals surface area contributed by atoms with E-state index >= 15 is 0 Å². The fourth-order valence-electron chi connectivity index (χ4n) is 2.01. The van der Waals surface area contributed by atoms with Gasteiger partial charge in [0.25, 0.3) is 5.91 Å². The SMILES string of the molecule is CN(C)c1cccc(C(=O)Nc2cc(Cl)ccc2OCC(F)(F)F)c1. The summed E-state index contributed by atoms with van der Waals surface area (Å²) in [5.41, 5.74) is 1.23. The molecule has 0 saturated heterocycles. The summed E-state index contributed by atoms with van der Waals surface area (Å²) in [5, 5.41) is 2.80. The van der Waals surface area contributed by atoms with Gasteiger partial charge in [0, 0.05) is 30.4 Å². The zero-order valence-corrected chi connectivity index (χ0v) is 14.3. The molecule has 0 unspecified atom stereocenters. The van der Waals surface area contributed by atoms with Crippen LogP contribution in [0.5, 0.6) is 5.75 Å². The highest BCUT2D eigenvalue weighted by Gasteiger charge is 2.29. The second kappa shape index (κ2) is 7.65. The Morgan fingerprint density at radius 1 is 1.20 bits per heavy atom.